The van der Waals surface area contributed by atoms with Gasteiger partial charge in [0, 0.05) is 0 Å². The molecule has 0 saturated heterocycles. The average molecular weight is 264 g/mol. The zero-order chi connectivity index (χ0) is 14.2. The number of benzene rings is 2. The van der Waals surface area contributed by atoms with Crippen LogP contribution in [0.1, 0.15) is 11.1 Å². The first-order valence-electron chi connectivity index (χ1n) is 6.37. The third kappa shape index (κ3) is 4.25. The Hall–Kier alpha value is -2.61. The fourth-order valence-electron chi connectivity index (χ4n) is 1.72. The van der Waals surface area contributed by atoms with Crippen LogP contribution in [-0.2, 0) is 4.79 Å². The molecular formula is C18H16O2. The van der Waals surface area contributed by atoms with Gasteiger partial charge in [-0.15, -0.1) is 0 Å². The van der Waals surface area contributed by atoms with Crippen LogP contribution in [0.2, 0.25) is 0 Å². The van der Waals surface area contributed by atoms with Crippen LogP contribution in [0.3, 0.4) is 0 Å². The average Bonchev–Trinajstić information content (AvgIpc) is 2.52. The van der Waals surface area contributed by atoms with Gasteiger partial charge in [0.1, 0.15) is 5.75 Å². The molecule has 0 aromatic heterocycles. The molecule has 20 heavy (non-hydrogen) atoms. The van der Waals surface area contributed by atoms with E-state index in [0.29, 0.717) is 0 Å². The van der Waals surface area contributed by atoms with Gasteiger partial charge in [-0.25, -0.2) is 0 Å². The molecule has 2 nitrogen and oxygen atoms in total. The van der Waals surface area contributed by atoms with Gasteiger partial charge in [0.25, 0.3) is 0 Å². The Morgan fingerprint density at radius 2 is 1.55 bits per heavy atom. The normalized spacial score (nSPS) is 11.1. The van der Waals surface area contributed by atoms with Crippen LogP contribution < -0.4 is 4.74 Å². The van der Waals surface area contributed by atoms with Crippen molar-refractivity contribution in [1.29, 1.82) is 0 Å². The molecule has 2 heteroatoms. The summed E-state index contributed by atoms with van der Waals surface area (Å²) in [5, 5.41) is 0. The number of rotatable bonds is 5. The maximum Gasteiger partial charge on any atom is 0.178 e. The highest BCUT2D eigenvalue weighted by Gasteiger charge is 1.93. The Labute approximate surface area is 119 Å². The summed E-state index contributed by atoms with van der Waals surface area (Å²) in [6.07, 6.45) is 6.69. The minimum absolute atomic E-state index is 0.0447. The topological polar surface area (TPSA) is 26.3 Å². The first-order valence-corrected chi connectivity index (χ1v) is 6.37. The molecule has 0 aliphatic heterocycles. The zero-order valence-electron chi connectivity index (χ0n) is 11.3. The van der Waals surface area contributed by atoms with Gasteiger partial charge in [-0.05, 0) is 35.4 Å². The van der Waals surface area contributed by atoms with Crippen molar-refractivity contribution in [2.24, 2.45) is 0 Å². The fourth-order valence-corrected chi connectivity index (χ4v) is 1.72. The van der Waals surface area contributed by atoms with Gasteiger partial charge in [-0.3, -0.25) is 4.79 Å². The summed E-state index contributed by atoms with van der Waals surface area (Å²) in [4.78, 5) is 11.7. The number of methoxy groups -OCH3 is 1. The highest BCUT2D eigenvalue weighted by atomic mass is 16.5. The number of hydrogen-bond donors (Lipinski definition) is 0. The lowest BCUT2D eigenvalue weighted by Crippen LogP contribution is -1.86. The van der Waals surface area contributed by atoms with Crippen molar-refractivity contribution in [3.8, 4) is 5.75 Å². The molecule has 0 amide bonds. The molecule has 0 N–H and O–H groups in total. The van der Waals surface area contributed by atoms with Crippen LogP contribution in [0.4, 0.5) is 0 Å². The van der Waals surface area contributed by atoms with Crippen molar-refractivity contribution in [1.82, 2.24) is 0 Å². The zero-order valence-corrected chi connectivity index (χ0v) is 11.3. The molecule has 2 aromatic carbocycles. The van der Waals surface area contributed by atoms with Crippen LogP contribution >= 0.6 is 0 Å². The van der Waals surface area contributed by atoms with E-state index in [1.807, 2.05) is 54.6 Å². The summed E-state index contributed by atoms with van der Waals surface area (Å²) < 4.78 is 5.13. The molecule has 0 radical (unpaired) electrons. The largest absolute Gasteiger partial charge is 0.497 e. The van der Waals surface area contributed by atoms with E-state index in [-0.39, 0.29) is 5.78 Å². The lowest BCUT2D eigenvalue weighted by Gasteiger charge is -1.99. The van der Waals surface area contributed by atoms with E-state index in [0.717, 1.165) is 16.9 Å². The molecule has 0 heterocycles. The second-order valence-electron chi connectivity index (χ2n) is 4.26. The van der Waals surface area contributed by atoms with E-state index in [2.05, 4.69) is 0 Å². The first-order chi connectivity index (χ1) is 9.78. The van der Waals surface area contributed by atoms with Gasteiger partial charge in [0.2, 0.25) is 0 Å². The van der Waals surface area contributed by atoms with Crippen LogP contribution in [-0.4, -0.2) is 12.9 Å². The molecule has 0 unspecified atom stereocenters. The lowest BCUT2D eigenvalue weighted by molar-refractivity contribution is -0.110. The number of ketones is 1. The molecule has 2 aromatic rings. The van der Waals surface area contributed by atoms with Gasteiger partial charge in [-0.2, -0.15) is 0 Å². The van der Waals surface area contributed by atoms with Gasteiger partial charge in [0.15, 0.2) is 5.78 Å². The SMILES string of the molecule is COc1cccc(C=CC(=O)C=Cc2ccccc2)c1. The van der Waals surface area contributed by atoms with Crippen LogP contribution in [0.5, 0.6) is 5.75 Å². The van der Waals surface area contributed by atoms with Crippen LogP contribution in [0, 0.1) is 0 Å². The predicted octanol–water partition coefficient (Wildman–Crippen LogP) is 3.99. The van der Waals surface area contributed by atoms with E-state index in [9.17, 15) is 4.79 Å². The number of hydrogen-bond acceptors (Lipinski definition) is 2. The molecule has 0 aliphatic rings. The van der Waals surface area contributed by atoms with E-state index < -0.39 is 0 Å². The van der Waals surface area contributed by atoms with Gasteiger partial charge >= 0.3 is 0 Å². The Bertz CT molecular complexity index is 625. The maximum atomic E-state index is 11.7. The number of allylic oxidation sites excluding steroid dienone is 2. The van der Waals surface area contributed by atoms with E-state index >= 15 is 0 Å². The molecule has 0 aliphatic carbocycles. The molecule has 0 atom stereocenters. The molecule has 100 valence electrons. The summed E-state index contributed by atoms with van der Waals surface area (Å²) in [5.41, 5.74) is 1.95. The summed E-state index contributed by atoms with van der Waals surface area (Å²) in [6, 6.07) is 17.3. The van der Waals surface area contributed by atoms with Crippen molar-refractivity contribution >= 4 is 17.9 Å². The quantitative estimate of drug-likeness (QED) is 0.763. The minimum atomic E-state index is -0.0447. The highest BCUT2D eigenvalue weighted by molar-refractivity contribution is 6.04. The first kappa shape index (κ1) is 13.8. The van der Waals surface area contributed by atoms with Gasteiger partial charge in [0.05, 0.1) is 7.11 Å². The Morgan fingerprint density at radius 1 is 0.900 bits per heavy atom. The molecular weight excluding hydrogens is 248 g/mol. The Kier molecular flexibility index (Phi) is 4.90. The second-order valence-corrected chi connectivity index (χ2v) is 4.26. The summed E-state index contributed by atoms with van der Waals surface area (Å²) >= 11 is 0. The third-order valence-corrected chi connectivity index (χ3v) is 2.77. The Balaban J connectivity index is 2.00. The van der Waals surface area contributed by atoms with Crippen molar-refractivity contribution in [3.63, 3.8) is 0 Å². The van der Waals surface area contributed by atoms with Gasteiger partial charge < -0.3 is 4.74 Å². The standard InChI is InChI=1S/C18H16O2/c1-20-18-9-5-8-16(14-18)11-13-17(19)12-10-15-6-3-2-4-7-15/h2-14H,1H3. The van der Waals surface area contributed by atoms with Crippen molar-refractivity contribution in [2.75, 3.05) is 7.11 Å². The van der Waals surface area contributed by atoms with Crippen molar-refractivity contribution < 1.29 is 9.53 Å². The third-order valence-electron chi connectivity index (χ3n) is 2.77. The number of ether oxygens (including phenoxy) is 1. The minimum Gasteiger partial charge on any atom is -0.497 e. The molecule has 0 saturated carbocycles. The summed E-state index contributed by atoms with van der Waals surface area (Å²) in [6.45, 7) is 0. The smallest absolute Gasteiger partial charge is 0.178 e. The van der Waals surface area contributed by atoms with E-state index in [4.69, 9.17) is 4.74 Å². The van der Waals surface area contributed by atoms with Crippen LogP contribution in [0.25, 0.3) is 12.2 Å². The van der Waals surface area contributed by atoms with E-state index in [1.54, 1.807) is 31.4 Å². The lowest BCUT2D eigenvalue weighted by atomic mass is 10.1. The maximum absolute atomic E-state index is 11.7. The summed E-state index contributed by atoms with van der Waals surface area (Å²) in [5.74, 6) is 0.732. The van der Waals surface area contributed by atoms with Crippen molar-refractivity contribution in [2.45, 2.75) is 0 Å². The van der Waals surface area contributed by atoms with Gasteiger partial charge in [-0.1, -0.05) is 54.6 Å². The molecule has 2 rings (SSSR count). The van der Waals surface area contributed by atoms with Crippen molar-refractivity contribution in [3.05, 3.63) is 77.9 Å². The van der Waals surface area contributed by atoms with Crippen LogP contribution in [0.15, 0.2) is 66.7 Å². The number of carbonyl (C=O) groups excluding carboxylic acids is 1. The fraction of sp³-hybridized carbons (Fsp3) is 0.0556. The Morgan fingerprint density at radius 3 is 2.25 bits per heavy atom. The molecule has 0 fully saturated rings. The number of carbonyl (C=O) groups is 1. The monoisotopic (exact) mass is 264 g/mol. The van der Waals surface area contributed by atoms with E-state index in [1.165, 1.54) is 0 Å². The molecule has 0 spiro atoms. The highest BCUT2D eigenvalue weighted by Crippen LogP contribution is 2.13. The second kappa shape index (κ2) is 7.10. The molecule has 0 bridgehead atoms. The summed E-state index contributed by atoms with van der Waals surface area (Å²) in [7, 11) is 1.62. The predicted molar refractivity (Wildman–Crippen MR) is 82.5 cm³/mol.